The Balaban J connectivity index is 1.83. The van der Waals surface area contributed by atoms with Crippen molar-refractivity contribution in [3.63, 3.8) is 0 Å². The Labute approximate surface area is 142 Å². The highest BCUT2D eigenvalue weighted by Crippen LogP contribution is 2.51. The second-order valence-electron chi connectivity index (χ2n) is 5.37. The van der Waals surface area contributed by atoms with Crippen LogP contribution in [0.3, 0.4) is 0 Å². The Hall–Kier alpha value is -1.98. The van der Waals surface area contributed by atoms with Gasteiger partial charge in [-0.25, -0.2) is 0 Å². The Morgan fingerprint density at radius 3 is 2.43 bits per heavy atom. The third-order valence-electron chi connectivity index (χ3n) is 3.93. The van der Waals surface area contributed by atoms with Gasteiger partial charge in [0.2, 0.25) is 0 Å². The largest absolute Gasteiger partial charge is 0.290 e. The maximum atomic E-state index is 12.1. The molecule has 2 aromatic rings. The van der Waals surface area contributed by atoms with Crippen LogP contribution in [-0.2, 0) is 4.79 Å². The normalized spacial score (nSPS) is 23.6. The topological polar surface area (TPSA) is 46.2 Å². The first-order valence-electron chi connectivity index (χ1n) is 7.29. The van der Waals surface area contributed by atoms with E-state index in [9.17, 15) is 9.59 Å². The van der Waals surface area contributed by atoms with Crippen LogP contribution in [0.5, 0.6) is 0 Å². The molecule has 0 bridgehead atoms. The average Bonchev–Trinajstić information content (AvgIpc) is 2.93. The van der Waals surface area contributed by atoms with Crippen molar-refractivity contribution in [2.24, 2.45) is 0 Å². The number of imide groups is 1. The van der Waals surface area contributed by atoms with Crippen molar-refractivity contribution in [1.82, 2.24) is 5.32 Å². The van der Waals surface area contributed by atoms with Gasteiger partial charge in [-0.2, -0.15) is 0 Å². The summed E-state index contributed by atoms with van der Waals surface area (Å²) in [6.45, 7) is 0. The molecule has 0 aliphatic carbocycles. The van der Waals surface area contributed by atoms with Gasteiger partial charge in [-0.3, -0.25) is 14.9 Å². The minimum Gasteiger partial charge on any atom is -0.282 e. The first-order chi connectivity index (χ1) is 11.2. The van der Waals surface area contributed by atoms with E-state index >= 15 is 0 Å². The molecule has 1 atom stereocenters. The third-order valence-corrected chi connectivity index (χ3v) is 6.19. The Bertz CT molecular complexity index is 830. The van der Waals surface area contributed by atoms with Crippen LogP contribution in [0.1, 0.15) is 22.8 Å². The second-order valence-corrected chi connectivity index (χ2v) is 7.60. The van der Waals surface area contributed by atoms with Crippen LogP contribution in [0.2, 0.25) is 0 Å². The summed E-state index contributed by atoms with van der Waals surface area (Å²) in [6, 6.07) is 18.4. The van der Waals surface area contributed by atoms with Gasteiger partial charge in [-0.15, -0.1) is 11.8 Å². The fourth-order valence-electron chi connectivity index (χ4n) is 2.89. The van der Waals surface area contributed by atoms with E-state index in [-0.39, 0.29) is 16.4 Å². The minimum absolute atomic E-state index is 0.248. The molecule has 0 spiro atoms. The van der Waals surface area contributed by atoms with Gasteiger partial charge in [0.25, 0.3) is 11.1 Å². The number of amides is 2. The smallest absolute Gasteiger partial charge is 0.282 e. The molecule has 3 nitrogen and oxygen atoms in total. The lowest BCUT2D eigenvalue weighted by atomic mass is 9.96. The lowest BCUT2D eigenvalue weighted by molar-refractivity contribution is -0.115. The molecule has 5 heteroatoms. The summed E-state index contributed by atoms with van der Waals surface area (Å²) in [7, 11) is 0. The molecule has 1 saturated heterocycles. The van der Waals surface area contributed by atoms with E-state index in [1.807, 2.05) is 48.2 Å². The zero-order chi connectivity index (χ0) is 15.8. The summed E-state index contributed by atoms with van der Waals surface area (Å²) in [5.41, 5.74) is 3.28. The van der Waals surface area contributed by atoms with Gasteiger partial charge in [-0.05, 0) is 40.9 Å². The van der Waals surface area contributed by atoms with Gasteiger partial charge in [0.15, 0.2) is 0 Å². The number of hydrogen-bond acceptors (Lipinski definition) is 4. The molecule has 0 radical (unpaired) electrons. The maximum Gasteiger partial charge on any atom is 0.290 e. The number of nitrogens with one attached hydrogen (secondary N) is 1. The van der Waals surface area contributed by atoms with E-state index in [0.29, 0.717) is 4.91 Å². The van der Waals surface area contributed by atoms with Crippen LogP contribution in [0.4, 0.5) is 4.79 Å². The van der Waals surface area contributed by atoms with Gasteiger partial charge in [0.1, 0.15) is 0 Å². The number of carbonyl (C=O) groups is 2. The van der Waals surface area contributed by atoms with Crippen molar-refractivity contribution >= 4 is 40.2 Å². The fourth-order valence-corrected chi connectivity index (χ4v) is 5.00. The SMILES string of the molecule is O=C1NC(=O)C(=C2CC(c3ccccc3)Sc3ccccc32)S1. The zero-order valence-corrected chi connectivity index (χ0v) is 13.7. The van der Waals surface area contributed by atoms with Crippen LogP contribution in [-0.4, -0.2) is 11.1 Å². The Kier molecular flexibility index (Phi) is 3.75. The van der Waals surface area contributed by atoms with Gasteiger partial charge < -0.3 is 0 Å². The van der Waals surface area contributed by atoms with Crippen LogP contribution < -0.4 is 5.32 Å². The van der Waals surface area contributed by atoms with Crippen LogP contribution >= 0.6 is 23.5 Å². The van der Waals surface area contributed by atoms with E-state index in [4.69, 9.17) is 0 Å². The lowest BCUT2D eigenvalue weighted by Gasteiger charge is -2.27. The van der Waals surface area contributed by atoms with Crippen molar-refractivity contribution in [2.45, 2.75) is 16.6 Å². The zero-order valence-electron chi connectivity index (χ0n) is 12.1. The maximum absolute atomic E-state index is 12.1. The molecular formula is C18H13NO2S2. The molecule has 0 aromatic heterocycles. The van der Waals surface area contributed by atoms with Crippen molar-refractivity contribution in [2.75, 3.05) is 0 Å². The highest BCUT2D eigenvalue weighted by Gasteiger charge is 2.33. The quantitative estimate of drug-likeness (QED) is 0.770. The highest BCUT2D eigenvalue weighted by molar-refractivity contribution is 8.18. The van der Waals surface area contributed by atoms with Gasteiger partial charge in [0, 0.05) is 10.1 Å². The summed E-state index contributed by atoms with van der Waals surface area (Å²) < 4.78 is 0. The molecule has 23 heavy (non-hydrogen) atoms. The Morgan fingerprint density at radius 1 is 0.957 bits per heavy atom. The first-order valence-corrected chi connectivity index (χ1v) is 8.99. The van der Waals surface area contributed by atoms with Gasteiger partial charge in [0.05, 0.1) is 4.91 Å². The van der Waals surface area contributed by atoms with Gasteiger partial charge in [-0.1, -0.05) is 48.5 Å². The van der Waals surface area contributed by atoms with Crippen LogP contribution in [0.25, 0.3) is 5.57 Å². The van der Waals surface area contributed by atoms with E-state index in [2.05, 4.69) is 23.5 Å². The number of rotatable bonds is 1. The summed E-state index contributed by atoms with van der Waals surface area (Å²) >= 11 is 2.83. The molecular weight excluding hydrogens is 326 g/mol. The van der Waals surface area contributed by atoms with Crippen molar-refractivity contribution in [3.05, 3.63) is 70.6 Å². The molecule has 1 unspecified atom stereocenters. The molecule has 1 fully saturated rings. The summed E-state index contributed by atoms with van der Waals surface area (Å²) in [4.78, 5) is 25.4. The molecule has 2 aliphatic heterocycles. The number of carbonyl (C=O) groups excluding carboxylic acids is 2. The van der Waals surface area contributed by atoms with Crippen molar-refractivity contribution in [3.8, 4) is 0 Å². The standard InChI is InChI=1S/C18H13NO2S2/c20-17-16(23-18(21)19-17)13-10-15(11-6-2-1-3-7-11)22-14-9-5-4-8-12(13)14/h1-9,15H,10H2,(H,19,20,21). The molecule has 2 aromatic carbocycles. The third kappa shape index (κ3) is 2.71. The number of fused-ring (bicyclic) bond motifs is 1. The average molecular weight is 339 g/mol. The fraction of sp³-hybridized carbons (Fsp3) is 0.111. The molecule has 2 aliphatic rings. The second kappa shape index (κ2) is 5.91. The van der Waals surface area contributed by atoms with Crippen molar-refractivity contribution in [1.29, 1.82) is 0 Å². The molecule has 1 N–H and O–H groups in total. The van der Waals surface area contributed by atoms with Crippen molar-refractivity contribution < 1.29 is 9.59 Å². The molecule has 0 saturated carbocycles. The predicted octanol–water partition coefficient (Wildman–Crippen LogP) is 4.62. The van der Waals surface area contributed by atoms with Crippen LogP contribution in [0.15, 0.2) is 64.4 Å². The van der Waals surface area contributed by atoms with E-state index in [0.717, 1.165) is 34.2 Å². The Morgan fingerprint density at radius 2 is 1.70 bits per heavy atom. The molecule has 4 rings (SSSR count). The van der Waals surface area contributed by atoms with E-state index < -0.39 is 0 Å². The molecule has 2 heterocycles. The van der Waals surface area contributed by atoms with E-state index in [1.54, 1.807) is 0 Å². The number of hydrogen-bond donors (Lipinski definition) is 1. The summed E-state index contributed by atoms with van der Waals surface area (Å²) in [5, 5.41) is 2.33. The highest BCUT2D eigenvalue weighted by atomic mass is 32.2. The number of allylic oxidation sites excluding steroid dienone is 1. The van der Waals surface area contributed by atoms with Gasteiger partial charge >= 0.3 is 0 Å². The lowest BCUT2D eigenvalue weighted by Crippen LogP contribution is -2.19. The van der Waals surface area contributed by atoms with Crippen LogP contribution in [0, 0.1) is 0 Å². The number of benzene rings is 2. The summed E-state index contributed by atoms with van der Waals surface area (Å²) in [6.07, 6.45) is 0.745. The summed E-state index contributed by atoms with van der Waals surface area (Å²) in [5.74, 6) is -0.275. The van der Waals surface area contributed by atoms with E-state index in [1.165, 1.54) is 5.56 Å². The minimum atomic E-state index is -0.288. The molecule has 2 amide bonds. The first kappa shape index (κ1) is 14.6. The monoisotopic (exact) mass is 339 g/mol. The molecule has 114 valence electrons. The number of thioether (sulfide) groups is 2. The predicted molar refractivity (Wildman–Crippen MR) is 94.1 cm³/mol.